The number of benzene rings is 2. The molecular formula is C24H27N7O3. The molecule has 10 nitrogen and oxygen atoms in total. The van der Waals surface area contributed by atoms with Crippen LogP contribution in [-0.4, -0.2) is 66.1 Å². The number of hydrogen-bond donors (Lipinski definition) is 2. The van der Waals surface area contributed by atoms with Gasteiger partial charge in [0.25, 0.3) is 5.69 Å². The number of nitrogens with one attached hydrogen (secondary N) is 2. The van der Waals surface area contributed by atoms with E-state index in [0.717, 1.165) is 28.8 Å². The van der Waals surface area contributed by atoms with Crippen LogP contribution in [0, 0.1) is 10.1 Å². The molecule has 0 aliphatic rings. The Labute approximate surface area is 197 Å². The Balaban J connectivity index is 1.61. The molecule has 0 amide bonds. The third-order valence-corrected chi connectivity index (χ3v) is 5.55. The van der Waals surface area contributed by atoms with Crippen molar-refractivity contribution in [3.05, 3.63) is 65.0 Å². The van der Waals surface area contributed by atoms with E-state index >= 15 is 0 Å². The fraction of sp³-hybridized carbons (Fsp3) is 0.250. The molecule has 0 aliphatic carbocycles. The number of aromatic amines is 1. The zero-order chi connectivity index (χ0) is 24.2. The predicted octanol–water partition coefficient (Wildman–Crippen LogP) is 4.28. The topological polar surface area (TPSA) is 112 Å². The molecule has 176 valence electrons. The number of likely N-dealkylation sites (N-methyl/N-ethyl adjacent to an activating group) is 2. The number of nitrogens with zero attached hydrogens (tertiary/aromatic N) is 5. The van der Waals surface area contributed by atoms with Crippen LogP contribution >= 0.6 is 0 Å². The Morgan fingerprint density at radius 3 is 2.71 bits per heavy atom. The highest BCUT2D eigenvalue weighted by atomic mass is 16.6. The van der Waals surface area contributed by atoms with Gasteiger partial charge in [0.2, 0.25) is 5.95 Å². The average molecular weight is 462 g/mol. The summed E-state index contributed by atoms with van der Waals surface area (Å²) < 4.78 is 5.43. The normalized spacial score (nSPS) is 11.1. The van der Waals surface area contributed by atoms with Gasteiger partial charge in [-0.3, -0.25) is 10.1 Å². The maximum atomic E-state index is 11.8. The molecule has 2 aromatic heterocycles. The second-order valence-electron chi connectivity index (χ2n) is 8.16. The Hall–Kier alpha value is -4.18. The molecule has 0 saturated heterocycles. The highest BCUT2D eigenvalue weighted by Crippen LogP contribution is 2.34. The Kier molecular flexibility index (Phi) is 6.60. The SMILES string of the molecule is COc1cccc2c(-c3ccnc(Nc4ccc(N(C)CCN(C)C)c([N+](=O)[O-])c4)n3)c[nH]c12. The van der Waals surface area contributed by atoms with Crippen LogP contribution in [0.1, 0.15) is 0 Å². The van der Waals surface area contributed by atoms with Gasteiger partial charge in [-0.25, -0.2) is 9.97 Å². The van der Waals surface area contributed by atoms with Crippen LogP contribution in [0.4, 0.5) is 23.0 Å². The summed E-state index contributed by atoms with van der Waals surface area (Å²) in [4.78, 5) is 27.5. The number of nitro groups is 1. The smallest absolute Gasteiger partial charge is 0.294 e. The van der Waals surface area contributed by atoms with Gasteiger partial charge in [-0.1, -0.05) is 12.1 Å². The van der Waals surface area contributed by atoms with Crippen molar-refractivity contribution in [2.24, 2.45) is 0 Å². The van der Waals surface area contributed by atoms with Crippen LogP contribution in [0.2, 0.25) is 0 Å². The lowest BCUT2D eigenvalue weighted by molar-refractivity contribution is -0.384. The molecule has 0 saturated carbocycles. The lowest BCUT2D eigenvalue weighted by atomic mass is 10.1. The standard InChI is InChI=1S/C24H27N7O3/c1-29(2)12-13-30(3)20-9-8-16(14-21(20)31(32)33)27-24-25-11-10-19(28-24)18-15-26-23-17(18)6-5-7-22(23)34-4/h5-11,14-15,26H,12-13H2,1-4H3,(H,25,27,28). The lowest BCUT2D eigenvalue weighted by Crippen LogP contribution is -2.28. The summed E-state index contributed by atoms with van der Waals surface area (Å²) in [6.45, 7) is 1.45. The number of hydrogen-bond acceptors (Lipinski definition) is 8. The molecule has 0 spiro atoms. The first kappa shape index (κ1) is 23.0. The van der Waals surface area contributed by atoms with Crippen LogP contribution in [0.5, 0.6) is 5.75 Å². The van der Waals surface area contributed by atoms with Gasteiger partial charge in [-0.05, 0) is 38.4 Å². The maximum Gasteiger partial charge on any atom is 0.294 e. The van der Waals surface area contributed by atoms with Crippen molar-refractivity contribution in [3.8, 4) is 17.0 Å². The minimum atomic E-state index is -0.372. The van der Waals surface area contributed by atoms with Crippen LogP contribution in [0.25, 0.3) is 22.2 Å². The van der Waals surface area contributed by atoms with Crippen molar-refractivity contribution in [2.45, 2.75) is 0 Å². The van der Waals surface area contributed by atoms with E-state index in [4.69, 9.17) is 4.74 Å². The van der Waals surface area contributed by atoms with E-state index in [0.29, 0.717) is 29.6 Å². The van der Waals surface area contributed by atoms with Crippen molar-refractivity contribution < 1.29 is 9.66 Å². The van der Waals surface area contributed by atoms with Gasteiger partial charge in [0, 0.05) is 55.2 Å². The number of para-hydroxylation sites is 1. The fourth-order valence-corrected chi connectivity index (χ4v) is 3.75. The van der Waals surface area contributed by atoms with Gasteiger partial charge in [0.1, 0.15) is 11.4 Å². The molecule has 0 bridgehead atoms. The molecule has 0 atom stereocenters. The summed E-state index contributed by atoms with van der Waals surface area (Å²) in [5.74, 6) is 1.09. The zero-order valence-corrected chi connectivity index (χ0v) is 19.6. The number of H-pyrrole nitrogens is 1. The van der Waals surface area contributed by atoms with Crippen molar-refractivity contribution in [1.82, 2.24) is 19.9 Å². The van der Waals surface area contributed by atoms with Crippen LogP contribution in [0.15, 0.2) is 54.9 Å². The van der Waals surface area contributed by atoms with Crippen molar-refractivity contribution in [2.75, 3.05) is 51.6 Å². The summed E-state index contributed by atoms with van der Waals surface area (Å²) in [5, 5.41) is 15.8. The van der Waals surface area contributed by atoms with Crippen LogP contribution in [-0.2, 0) is 0 Å². The molecule has 34 heavy (non-hydrogen) atoms. The van der Waals surface area contributed by atoms with Gasteiger partial charge in [-0.2, -0.15) is 0 Å². The third kappa shape index (κ3) is 4.76. The number of methoxy groups -OCH3 is 1. The summed E-state index contributed by atoms with van der Waals surface area (Å²) in [6, 6.07) is 12.7. The molecule has 2 aromatic carbocycles. The van der Waals surface area contributed by atoms with E-state index in [2.05, 4.69) is 20.3 Å². The largest absolute Gasteiger partial charge is 0.495 e. The first-order valence-electron chi connectivity index (χ1n) is 10.8. The quantitative estimate of drug-likeness (QED) is 0.281. The summed E-state index contributed by atoms with van der Waals surface area (Å²) >= 11 is 0. The third-order valence-electron chi connectivity index (χ3n) is 5.55. The molecule has 2 heterocycles. The summed E-state index contributed by atoms with van der Waals surface area (Å²) in [7, 11) is 7.42. The van der Waals surface area contributed by atoms with Gasteiger partial charge >= 0.3 is 0 Å². The Morgan fingerprint density at radius 1 is 1.15 bits per heavy atom. The number of rotatable bonds is 9. The van der Waals surface area contributed by atoms with E-state index in [1.54, 1.807) is 25.4 Å². The highest BCUT2D eigenvalue weighted by molar-refractivity contribution is 5.97. The molecule has 0 aliphatic heterocycles. The Morgan fingerprint density at radius 2 is 1.97 bits per heavy atom. The molecule has 10 heteroatoms. The van der Waals surface area contributed by atoms with E-state index in [-0.39, 0.29) is 10.6 Å². The number of aromatic nitrogens is 3. The number of ether oxygens (including phenoxy) is 1. The van der Waals surface area contributed by atoms with Crippen molar-refractivity contribution in [1.29, 1.82) is 0 Å². The number of anilines is 3. The molecule has 2 N–H and O–H groups in total. The molecule has 0 radical (unpaired) electrons. The molecule has 0 fully saturated rings. The van der Waals surface area contributed by atoms with E-state index < -0.39 is 0 Å². The van der Waals surface area contributed by atoms with E-state index in [9.17, 15) is 10.1 Å². The molecule has 0 unspecified atom stereocenters. The fourth-order valence-electron chi connectivity index (χ4n) is 3.75. The van der Waals surface area contributed by atoms with Crippen molar-refractivity contribution >= 4 is 33.9 Å². The second kappa shape index (κ2) is 9.75. The molecule has 4 aromatic rings. The average Bonchev–Trinajstić information content (AvgIpc) is 3.27. The first-order valence-corrected chi connectivity index (χ1v) is 10.8. The van der Waals surface area contributed by atoms with E-state index in [1.807, 2.05) is 61.4 Å². The van der Waals surface area contributed by atoms with Crippen LogP contribution in [0.3, 0.4) is 0 Å². The first-order chi connectivity index (χ1) is 16.4. The minimum absolute atomic E-state index is 0.0196. The van der Waals surface area contributed by atoms with Crippen molar-refractivity contribution in [3.63, 3.8) is 0 Å². The number of nitro benzene ring substituents is 1. The molecular weight excluding hydrogens is 434 g/mol. The van der Waals surface area contributed by atoms with Crippen LogP contribution < -0.4 is 15.0 Å². The van der Waals surface area contributed by atoms with Gasteiger partial charge in [0.05, 0.1) is 23.2 Å². The summed E-state index contributed by atoms with van der Waals surface area (Å²) in [6.07, 6.45) is 3.53. The minimum Gasteiger partial charge on any atom is -0.495 e. The second-order valence-corrected chi connectivity index (χ2v) is 8.16. The lowest BCUT2D eigenvalue weighted by Gasteiger charge is -2.21. The molecule has 4 rings (SSSR count). The van der Waals surface area contributed by atoms with Gasteiger partial charge in [0.15, 0.2) is 0 Å². The highest BCUT2D eigenvalue weighted by Gasteiger charge is 2.19. The monoisotopic (exact) mass is 461 g/mol. The summed E-state index contributed by atoms with van der Waals surface area (Å²) in [5.41, 5.74) is 3.62. The van der Waals surface area contributed by atoms with Gasteiger partial charge < -0.3 is 24.8 Å². The predicted molar refractivity (Wildman–Crippen MR) is 134 cm³/mol. The number of fused-ring (bicyclic) bond motifs is 1. The van der Waals surface area contributed by atoms with E-state index in [1.165, 1.54) is 6.07 Å². The van der Waals surface area contributed by atoms with Gasteiger partial charge in [-0.15, -0.1) is 0 Å². The zero-order valence-electron chi connectivity index (χ0n) is 19.6. The Bertz CT molecular complexity index is 1320. The maximum absolute atomic E-state index is 11.8.